The highest BCUT2D eigenvalue weighted by Crippen LogP contribution is 2.35. The molecule has 0 saturated carbocycles. The van der Waals surface area contributed by atoms with Crippen LogP contribution in [0, 0.1) is 5.92 Å². The van der Waals surface area contributed by atoms with Crippen molar-refractivity contribution in [1.29, 1.82) is 0 Å². The third-order valence-corrected chi connectivity index (χ3v) is 7.30. The number of nitrogens with one attached hydrogen (secondary N) is 2. The molecule has 2 N–H and O–H groups in total. The summed E-state index contributed by atoms with van der Waals surface area (Å²) in [5.74, 6) is -0.112. The molecule has 8 nitrogen and oxygen atoms in total. The smallest absolute Gasteiger partial charge is 0.321 e. The van der Waals surface area contributed by atoms with Crippen molar-refractivity contribution in [2.45, 2.75) is 25.8 Å². The number of Topliss-reactive ketones (excluding diaryl/α,β-unsaturated/α-hetero) is 1. The van der Waals surface area contributed by atoms with Gasteiger partial charge < -0.3 is 20.1 Å². The van der Waals surface area contributed by atoms with Gasteiger partial charge in [0.1, 0.15) is 5.69 Å². The lowest BCUT2D eigenvalue weighted by molar-refractivity contribution is 0.101. The fourth-order valence-electron chi connectivity index (χ4n) is 4.79. The Morgan fingerprint density at radius 2 is 1.76 bits per heavy atom. The van der Waals surface area contributed by atoms with Crippen molar-refractivity contribution in [3.05, 3.63) is 80.4 Å². The van der Waals surface area contributed by atoms with Crippen LogP contribution in [-0.4, -0.2) is 40.3 Å². The van der Waals surface area contributed by atoms with Gasteiger partial charge in [-0.2, -0.15) is 0 Å². The number of aromatic nitrogens is 1. The monoisotopic (exact) mass is 476 g/mol. The van der Waals surface area contributed by atoms with Crippen LogP contribution in [0.25, 0.3) is 0 Å². The molecule has 2 atom stereocenters. The predicted molar refractivity (Wildman–Crippen MR) is 131 cm³/mol. The first-order valence-corrected chi connectivity index (χ1v) is 12.0. The highest BCUT2D eigenvalue weighted by atomic mass is 32.1. The zero-order valence-corrected chi connectivity index (χ0v) is 19.4. The third kappa shape index (κ3) is 4.26. The van der Waals surface area contributed by atoms with Gasteiger partial charge in [-0.3, -0.25) is 14.4 Å². The van der Waals surface area contributed by atoms with Gasteiger partial charge in [0.25, 0.3) is 11.5 Å². The van der Waals surface area contributed by atoms with Crippen molar-refractivity contribution in [2.24, 2.45) is 5.92 Å². The van der Waals surface area contributed by atoms with Crippen LogP contribution in [-0.2, 0) is 6.54 Å². The van der Waals surface area contributed by atoms with Gasteiger partial charge in [0, 0.05) is 42.5 Å². The molecule has 0 spiro atoms. The van der Waals surface area contributed by atoms with Gasteiger partial charge in [-0.05, 0) is 67.1 Å². The number of piperidine rings is 1. The second-order valence-corrected chi connectivity index (χ2v) is 9.73. The number of anilines is 2. The van der Waals surface area contributed by atoms with Crippen LogP contribution in [0.5, 0.6) is 0 Å². The van der Waals surface area contributed by atoms with E-state index >= 15 is 0 Å². The maximum atomic E-state index is 13.1. The van der Waals surface area contributed by atoms with E-state index in [9.17, 15) is 19.2 Å². The Labute approximate surface area is 200 Å². The number of rotatable bonds is 4. The van der Waals surface area contributed by atoms with E-state index in [1.165, 1.54) is 18.3 Å². The number of fused-ring (bicyclic) bond motifs is 4. The van der Waals surface area contributed by atoms with Crippen molar-refractivity contribution in [1.82, 2.24) is 9.47 Å². The summed E-state index contributed by atoms with van der Waals surface area (Å²) in [5.41, 5.74) is 2.18. The van der Waals surface area contributed by atoms with Gasteiger partial charge in [0.15, 0.2) is 5.78 Å². The number of benzene rings is 1. The Hall–Kier alpha value is -3.72. The fourth-order valence-corrected chi connectivity index (χ4v) is 5.41. The molecule has 1 fully saturated rings. The molecule has 3 aromatic rings. The van der Waals surface area contributed by atoms with Gasteiger partial charge in [0.05, 0.1) is 4.88 Å². The summed E-state index contributed by atoms with van der Waals surface area (Å²) in [4.78, 5) is 52.2. The summed E-state index contributed by atoms with van der Waals surface area (Å²) in [7, 11) is 0. The van der Waals surface area contributed by atoms with Gasteiger partial charge in [-0.25, -0.2) is 4.79 Å². The van der Waals surface area contributed by atoms with Gasteiger partial charge >= 0.3 is 6.03 Å². The van der Waals surface area contributed by atoms with Crippen molar-refractivity contribution >= 4 is 40.4 Å². The number of urea groups is 1. The molecule has 1 saturated heterocycles. The standard InChI is InChI=1S/C25H24N4O4S/c1-15(30)17-4-6-19(7-5-17)26-25(33)28-12-16-11-18(14-28)21-9-8-20(24(32)29(21)13-16)27-23(31)22-3-2-10-34-22/h2-10,16,18H,11-14H2,1H3,(H,26,33)(H,27,31). The number of ketones is 1. The summed E-state index contributed by atoms with van der Waals surface area (Å²) in [6.45, 7) is 3.06. The Morgan fingerprint density at radius 3 is 2.47 bits per heavy atom. The molecule has 34 heavy (non-hydrogen) atoms. The Bertz CT molecular complexity index is 1310. The van der Waals surface area contributed by atoms with Crippen molar-refractivity contribution in [3.63, 3.8) is 0 Å². The molecule has 5 rings (SSSR count). The van der Waals surface area contributed by atoms with Crippen LogP contribution in [0.4, 0.5) is 16.2 Å². The maximum absolute atomic E-state index is 13.1. The lowest BCUT2D eigenvalue weighted by Crippen LogP contribution is -2.50. The first kappa shape index (κ1) is 22.1. The molecule has 4 heterocycles. The van der Waals surface area contributed by atoms with Crippen LogP contribution in [0.1, 0.15) is 45.0 Å². The van der Waals surface area contributed by atoms with Gasteiger partial charge in [-0.1, -0.05) is 6.07 Å². The number of hydrogen-bond donors (Lipinski definition) is 2. The summed E-state index contributed by atoms with van der Waals surface area (Å²) in [6.07, 6.45) is 0.914. The predicted octanol–water partition coefficient (Wildman–Crippen LogP) is 4.02. The molecule has 2 aliphatic rings. The number of likely N-dealkylation sites (tertiary alicyclic amines) is 1. The number of thiophene rings is 1. The number of carbonyl (C=O) groups is 3. The van der Waals surface area contributed by atoms with Crippen molar-refractivity contribution < 1.29 is 14.4 Å². The minimum atomic E-state index is -0.289. The minimum Gasteiger partial charge on any atom is -0.324 e. The van der Waals surface area contributed by atoms with E-state index in [4.69, 9.17) is 0 Å². The number of nitrogens with zero attached hydrogens (tertiary/aromatic N) is 2. The lowest BCUT2D eigenvalue weighted by Gasteiger charge is -2.42. The second kappa shape index (κ2) is 8.90. The van der Waals surface area contributed by atoms with Crippen molar-refractivity contribution in [3.8, 4) is 0 Å². The fraction of sp³-hybridized carbons (Fsp3) is 0.280. The third-order valence-electron chi connectivity index (χ3n) is 6.43. The first-order valence-electron chi connectivity index (χ1n) is 11.1. The first-order chi connectivity index (χ1) is 16.4. The van der Waals surface area contributed by atoms with E-state index in [1.807, 2.05) is 11.4 Å². The molecule has 0 radical (unpaired) electrons. The summed E-state index contributed by atoms with van der Waals surface area (Å²) >= 11 is 1.32. The van der Waals surface area contributed by atoms with Crippen LogP contribution >= 0.6 is 11.3 Å². The summed E-state index contributed by atoms with van der Waals surface area (Å²) in [5, 5.41) is 7.46. The normalized spacial score (nSPS) is 18.7. The van der Waals surface area contributed by atoms with Crippen LogP contribution in [0.15, 0.2) is 58.7 Å². The van der Waals surface area contributed by atoms with Crippen molar-refractivity contribution in [2.75, 3.05) is 23.7 Å². The van der Waals surface area contributed by atoms with Gasteiger partial charge in [-0.15, -0.1) is 11.3 Å². The average molecular weight is 477 g/mol. The Kier molecular flexibility index (Phi) is 5.79. The van der Waals surface area contributed by atoms with E-state index in [0.717, 1.165) is 12.1 Å². The molecule has 2 unspecified atom stereocenters. The lowest BCUT2D eigenvalue weighted by atomic mass is 9.83. The highest BCUT2D eigenvalue weighted by molar-refractivity contribution is 7.12. The van der Waals surface area contributed by atoms with Crippen LogP contribution in [0.2, 0.25) is 0 Å². The molecule has 0 aliphatic carbocycles. The number of carbonyl (C=O) groups excluding carboxylic acids is 3. The van der Waals surface area contributed by atoms with Crippen LogP contribution < -0.4 is 16.2 Å². The molecule has 3 amide bonds. The van der Waals surface area contributed by atoms with E-state index < -0.39 is 0 Å². The molecular formula is C25H24N4O4S. The molecule has 2 aromatic heterocycles. The molecule has 2 aliphatic heterocycles. The highest BCUT2D eigenvalue weighted by Gasteiger charge is 2.36. The number of hydrogen-bond acceptors (Lipinski definition) is 5. The Morgan fingerprint density at radius 1 is 0.971 bits per heavy atom. The quantitative estimate of drug-likeness (QED) is 0.556. The van der Waals surface area contributed by atoms with Gasteiger partial charge in [0.2, 0.25) is 0 Å². The molecule has 2 bridgehead atoms. The summed E-state index contributed by atoms with van der Waals surface area (Å²) in [6, 6.07) is 13.7. The topological polar surface area (TPSA) is 101 Å². The zero-order chi connectivity index (χ0) is 23.8. The molecule has 1 aromatic carbocycles. The zero-order valence-electron chi connectivity index (χ0n) is 18.6. The second-order valence-electron chi connectivity index (χ2n) is 8.79. The minimum absolute atomic E-state index is 0.0233. The van der Waals surface area contributed by atoms with Crippen LogP contribution in [0.3, 0.4) is 0 Å². The largest absolute Gasteiger partial charge is 0.324 e. The molecular weight excluding hydrogens is 452 g/mol. The Balaban J connectivity index is 1.30. The number of pyridine rings is 1. The summed E-state index contributed by atoms with van der Waals surface area (Å²) < 4.78 is 1.75. The maximum Gasteiger partial charge on any atom is 0.321 e. The molecule has 9 heteroatoms. The van der Waals surface area contributed by atoms with E-state index in [-0.39, 0.29) is 40.8 Å². The average Bonchev–Trinajstić information content (AvgIpc) is 3.37. The van der Waals surface area contributed by atoms with E-state index in [1.54, 1.807) is 51.9 Å². The number of amides is 3. The molecule has 174 valence electrons. The van der Waals surface area contributed by atoms with E-state index in [0.29, 0.717) is 35.8 Å². The SMILES string of the molecule is CC(=O)c1ccc(NC(=O)N2CC3CC(C2)c2ccc(NC(=O)c4cccs4)c(=O)n2C3)cc1. The van der Waals surface area contributed by atoms with E-state index in [2.05, 4.69) is 10.6 Å².